The molecule has 6 heterocycles. The van der Waals surface area contributed by atoms with Crippen molar-refractivity contribution in [3.8, 4) is 34.5 Å². The van der Waals surface area contributed by atoms with Gasteiger partial charge in [0.2, 0.25) is 0 Å². The van der Waals surface area contributed by atoms with E-state index in [2.05, 4.69) is 29.9 Å². The molecule has 4 aromatic heterocycles. The first-order chi connectivity index (χ1) is 42.8. The lowest BCUT2D eigenvalue weighted by Crippen LogP contribution is -2.27. The molecule has 10 aromatic rings. The largest absolute Gasteiger partial charge is 0.478 e. The van der Waals surface area contributed by atoms with Gasteiger partial charge in [-0.15, -0.1) is 0 Å². The fraction of sp³-hybridized carbons (Fsp3) is 0.250. The number of aromatic carboxylic acids is 2. The Morgan fingerprint density at radius 2 is 0.922 bits per heavy atom. The number of carboxylic acid groups (broad SMARTS) is 2. The maximum absolute atomic E-state index is 15.6. The van der Waals surface area contributed by atoms with Crippen molar-refractivity contribution in [2.75, 3.05) is 26.4 Å². The van der Waals surface area contributed by atoms with E-state index in [1.165, 1.54) is 85.2 Å². The Hall–Kier alpha value is -8.38. The molecule has 90 heavy (non-hydrogen) atoms. The second-order valence-electron chi connectivity index (χ2n) is 22.8. The first-order valence-corrected chi connectivity index (χ1v) is 29.1. The number of nitrogens with zero attached hydrogens (tertiary/aromatic N) is 8. The maximum atomic E-state index is 15.6. The number of carbonyl (C=O) groups is 2. The number of aromatic nitrogens is 8. The van der Waals surface area contributed by atoms with Crippen molar-refractivity contribution < 1.29 is 65.1 Å². The van der Waals surface area contributed by atoms with E-state index < -0.39 is 46.8 Å². The van der Waals surface area contributed by atoms with E-state index in [0.29, 0.717) is 60.2 Å². The lowest BCUT2D eigenvalue weighted by Gasteiger charge is -2.28. The van der Waals surface area contributed by atoms with E-state index in [-0.39, 0.29) is 137 Å². The first kappa shape index (κ1) is 63.2. The summed E-state index contributed by atoms with van der Waals surface area (Å²) in [5.74, 6) is -5.75. The molecule has 2 unspecified atom stereocenters. The molecule has 12 rings (SSSR count). The van der Waals surface area contributed by atoms with Crippen LogP contribution < -0.4 is 9.47 Å². The smallest absolute Gasteiger partial charge is 0.335 e. The molecule has 0 radical (unpaired) electrons. The van der Waals surface area contributed by atoms with Crippen LogP contribution in [-0.2, 0) is 35.5 Å². The van der Waals surface area contributed by atoms with E-state index in [9.17, 15) is 28.6 Å². The van der Waals surface area contributed by atoms with Gasteiger partial charge in [-0.1, -0.05) is 86.2 Å². The van der Waals surface area contributed by atoms with Gasteiger partial charge in [-0.3, -0.25) is 0 Å². The summed E-state index contributed by atoms with van der Waals surface area (Å²) in [6.07, 6.45) is 2.80. The minimum absolute atomic E-state index is 0.00193. The molecule has 0 spiro atoms. The number of ether oxygens (including phenoxy) is 4. The molecule has 26 heteroatoms. The second-order valence-corrected chi connectivity index (χ2v) is 24.5. The Balaban J connectivity index is 0.000000185. The summed E-state index contributed by atoms with van der Waals surface area (Å²) in [6, 6.07) is 20.5. The van der Waals surface area contributed by atoms with Gasteiger partial charge >= 0.3 is 24.0 Å². The lowest BCUT2D eigenvalue weighted by molar-refractivity contribution is 0.0686. The van der Waals surface area contributed by atoms with Crippen LogP contribution in [0.3, 0.4) is 0 Å². The minimum Gasteiger partial charge on any atom is -0.478 e. The first-order valence-electron chi connectivity index (χ1n) is 27.6. The van der Waals surface area contributed by atoms with Crippen molar-refractivity contribution in [2.24, 2.45) is 10.8 Å². The average molecular weight is 1310 g/mol. The Kier molecular flexibility index (Phi) is 17.9. The SMILES string of the molecule is CC1(C)COCC1n1c(Cc2cc(F)c(-c3ccnc(OCc4ccc(Cl)cc4F)n3)cc2Cl)nc2c(F)cc(C(=O)O)cc21.CC1(C)COCC1n1c(Cc2cc(F)c(-c3ccnc(OCc4ccc(Cl)cc4F)n3)cc2Cl)nc2c(F)cc(C(=O)O)cc21. The number of halogens is 10. The summed E-state index contributed by atoms with van der Waals surface area (Å²) in [5, 5.41) is 20.0. The molecule has 2 N–H and O–H groups in total. The number of hydrogen-bond donors (Lipinski definition) is 2. The zero-order valence-corrected chi connectivity index (χ0v) is 50.9. The molecule has 0 amide bonds. The van der Waals surface area contributed by atoms with Gasteiger partial charge in [0.05, 0.1) is 72.1 Å². The van der Waals surface area contributed by atoms with Crippen LogP contribution in [0.4, 0.5) is 26.3 Å². The number of benzene rings is 6. The van der Waals surface area contributed by atoms with Crippen LogP contribution in [0.5, 0.6) is 12.0 Å². The van der Waals surface area contributed by atoms with Gasteiger partial charge in [-0.05, 0) is 96.1 Å². The number of hydrogen-bond acceptors (Lipinski definition) is 12. The number of carboxylic acids is 2. The van der Waals surface area contributed by atoms with Crippen molar-refractivity contribution in [1.82, 2.24) is 39.0 Å². The third-order valence-electron chi connectivity index (χ3n) is 15.6. The fourth-order valence-corrected chi connectivity index (χ4v) is 11.6. The lowest BCUT2D eigenvalue weighted by atomic mass is 9.87. The van der Waals surface area contributed by atoms with Crippen molar-refractivity contribution in [3.63, 3.8) is 0 Å². The molecule has 2 aliphatic heterocycles. The number of rotatable bonds is 16. The Labute approximate surface area is 528 Å². The van der Waals surface area contributed by atoms with E-state index >= 15 is 17.6 Å². The van der Waals surface area contributed by atoms with Gasteiger partial charge in [0.15, 0.2) is 11.6 Å². The van der Waals surface area contributed by atoms with Crippen LogP contribution in [0.2, 0.25) is 20.1 Å². The summed E-state index contributed by atoms with van der Waals surface area (Å²) in [7, 11) is 0. The highest BCUT2D eigenvalue weighted by molar-refractivity contribution is 6.32. The molecule has 2 saturated heterocycles. The molecule has 2 aliphatic rings. The molecule has 2 fully saturated rings. The van der Waals surface area contributed by atoms with Crippen LogP contribution in [0.25, 0.3) is 44.6 Å². The summed E-state index contributed by atoms with van der Waals surface area (Å²) in [4.78, 5) is 49.1. The predicted molar refractivity (Wildman–Crippen MR) is 323 cm³/mol. The van der Waals surface area contributed by atoms with E-state index in [1.807, 2.05) is 27.7 Å². The van der Waals surface area contributed by atoms with Crippen molar-refractivity contribution in [1.29, 1.82) is 0 Å². The van der Waals surface area contributed by atoms with Crippen LogP contribution in [0.1, 0.15) is 94.4 Å². The van der Waals surface area contributed by atoms with Crippen molar-refractivity contribution in [3.05, 3.63) is 209 Å². The minimum atomic E-state index is -1.27. The van der Waals surface area contributed by atoms with Crippen LogP contribution in [-0.4, -0.2) is 87.6 Å². The monoisotopic (exact) mass is 1310 g/mol. The zero-order valence-electron chi connectivity index (χ0n) is 47.9. The Bertz CT molecular complexity index is 4220. The van der Waals surface area contributed by atoms with Gasteiger partial charge in [0.1, 0.15) is 59.2 Å². The summed E-state index contributed by atoms with van der Waals surface area (Å²) in [5.41, 5.74) is 1.12. The van der Waals surface area contributed by atoms with E-state index in [1.54, 1.807) is 9.13 Å². The third kappa shape index (κ3) is 13.1. The molecule has 6 aromatic carbocycles. The summed E-state index contributed by atoms with van der Waals surface area (Å²) >= 11 is 24.9. The second kappa shape index (κ2) is 25.5. The van der Waals surface area contributed by atoms with Gasteiger partial charge in [0, 0.05) is 78.4 Å². The predicted octanol–water partition coefficient (Wildman–Crippen LogP) is 15.4. The summed E-state index contributed by atoms with van der Waals surface area (Å²) < 4.78 is 116. The molecule has 464 valence electrons. The molecular weight excluding hydrogens is 1260 g/mol. The number of imidazole rings is 2. The van der Waals surface area contributed by atoms with Crippen molar-refractivity contribution in [2.45, 2.75) is 65.8 Å². The van der Waals surface area contributed by atoms with Crippen molar-refractivity contribution >= 4 is 80.4 Å². The molecule has 2 atom stereocenters. The molecule has 0 saturated carbocycles. The topological polar surface area (TPSA) is 199 Å². The quantitative estimate of drug-likeness (QED) is 0.0866. The molecule has 0 aliphatic carbocycles. The Morgan fingerprint density at radius 3 is 1.28 bits per heavy atom. The standard InChI is InChI=1S/2C32H25Cl2F3N4O4/c2*1-32(2)15-44-14-27(32)41-26-9-18(30(42)43)8-24(37)29(26)40-28(41)10-17-7-23(36)20(12-21(17)34)25-5-6-38-31(39-25)45-13-16-3-4-19(33)11-22(16)35/h2*3-9,11-12,27H,10,13-15H2,1-2H3,(H,42,43). The highest BCUT2D eigenvalue weighted by Gasteiger charge is 2.41. The normalized spacial score (nSPS) is 15.9. The van der Waals surface area contributed by atoms with E-state index in [4.69, 9.17) is 65.4 Å². The van der Waals surface area contributed by atoms with Gasteiger partial charge < -0.3 is 38.3 Å². The maximum Gasteiger partial charge on any atom is 0.335 e. The fourth-order valence-electron chi connectivity index (χ4n) is 10.8. The molecule has 16 nitrogen and oxygen atoms in total. The van der Waals surface area contributed by atoms with Crippen LogP contribution >= 0.6 is 46.4 Å². The highest BCUT2D eigenvalue weighted by Crippen LogP contribution is 2.44. The van der Waals surface area contributed by atoms with Crippen LogP contribution in [0.15, 0.2) is 109 Å². The number of fused-ring (bicyclic) bond motifs is 2. The van der Waals surface area contributed by atoms with Gasteiger partial charge in [-0.25, -0.2) is 55.9 Å². The molecule has 0 bridgehead atoms. The van der Waals surface area contributed by atoms with Gasteiger partial charge in [0.25, 0.3) is 0 Å². The van der Waals surface area contributed by atoms with Gasteiger partial charge in [-0.2, -0.15) is 9.97 Å². The molecular formula is C64H50Cl4F6N8O8. The average Bonchev–Trinajstić information content (AvgIpc) is 1.64. The summed E-state index contributed by atoms with van der Waals surface area (Å²) in [6.45, 7) is 9.08. The zero-order chi connectivity index (χ0) is 64.1. The third-order valence-corrected chi connectivity index (χ3v) is 16.8. The van der Waals surface area contributed by atoms with Crippen LogP contribution in [0, 0.1) is 45.7 Å². The highest BCUT2D eigenvalue weighted by atomic mass is 35.5. The van der Waals surface area contributed by atoms with E-state index in [0.717, 1.165) is 24.3 Å². The Morgan fingerprint density at radius 1 is 0.522 bits per heavy atom.